The SMILES string of the molecule is CCOc1nc(Nc2cccc(C(F)(F)F)c2)nc(N2CCCC2)n1. The van der Waals surface area contributed by atoms with Crippen LogP contribution < -0.4 is 15.0 Å². The lowest BCUT2D eigenvalue weighted by Gasteiger charge is -2.17. The highest BCUT2D eigenvalue weighted by Crippen LogP contribution is 2.31. The maximum atomic E-state index is 12.8. The molecule has 0 radical (unpaired) electrons. The van der Waals surface area contributed by atoms with Gasteiger partial charge in [-0.3, -0.25) is 0 Å². The molecule has 9 heteroatoms. The molecule has 1 N–H and O–H groups in total. The number of anilines is 3. The van der Waals surface area contributed by atoms with Gasteiger partial charge < -0.3 is 15.0 Å². The number of aromatic nitrogens is 3. The topological polar surface area (TPSA) is 63.2 Å². The molecule has 0 amide bonds. The molecule has 1 saturated heterocycles. The molecule has 6 nitrogen and oxygen atoms in total. The molecule has 0 atom stereocenters. The first-order chi connectivity index (χ1) is 12.0. The highest BCUT2D eigenvalue weighted by molar-refractivity contribution is 5.56. The van der Waals surface area contributed by atoms with Crippen LogP contribution in [0.15, 0.2) is 24.3 Å². The van der Waals surface area contributed by atoms with Gasteiger partial charge >= 0.3 is 12.2 Å². The maximum absolute atomic E-state index is 12.8. The molecule has 1 aromatic heterocycles. The van der Waals surface area contributed by atoms with Crippen LogP contribution in [0, 0.1) is 0 Å². The van der Waals surface area contributed by atoms with Crippen molar-refractivity contribution in [2.24, 2.45) is 0 Å². The Kier molecular flexibility index (Phi) is 4.91. The fourth-order valence-corrected chi connectivity index (χ4v) is 2.56. The standard InChI is InChI=1S/C16H18F3N5O/c1-2-25-15-22-13(21-14(23-15)24-8-3-4-9-24)20-12-7-5-6-11(10-12)16(17,18)19/h5-7,10H,2-4,8-9H2,1H3,(H,20,21,22,23). The molecule has 1 aliphatic rings. The zero-order valence-electron chi connectivity index (χ0n) is 13.7. The Hall–Kier alpha value is -2.58. The zero-order chi connectivity index (χ0) is 17.9. The highest BCUT2D eigenvalue weighted by Gasteiger charge is 2.30. The molecule has 25 heavy (non-hydrogen) atoms. The predicted octanol–water partition coefficient (Wildman–Crippen LogP) is 3.63. The van der Waals surface area contributed by atoms with Gasteiger partial charge in [0.05, 0.1) is 12.2 Å². The summed E-state index contributed by atoms with van der Waals surface area (Å²) < 4.78 is 43.9. The van der Waals surface area contributed by atoms with Gasteiger partial charge in [0, 0.05) is 18.8 Å². The lowest BCUT2D eigenvalue weighted by molar-refractivity contribution is -0.137. The van der Waals surface area contributed by atoms with Crippen LogP contribution in [0.3, 0.4) is 0 Å². The number of ether oxygens (including phenoxy) is 1. The van der Waals surface area contributed by atoms with Gasteiger partial charge in [-0.15, -0.1) is 0 Å². The molecule has 2 heterocycles. The summed E-state index contributed by atoms with van der Waals surface area (Å²) in [6.07, 6.45) is -2.31. The first-order valence-corrected chi connectivity index (χ1v) is 8.04. The van der Waals surface area contributed by atoms with E-state index in [4.69, 9.17) is 4.74 Å². The molecule has 0 unspecified atom stereocenters. The van der Waals surface area contributed by atoms with E-state index in [9.17, 15) is 13.2 Å². The van der Waals surface area contributed by atoms with Crippen molar-refractivity contribution < 1.29 is 17.9 Å². The largest absolute Gasteiger partial charge is 0.464 e. The van der Waals surface area contributed by atoms with Crippen molar-refractivity contribution in [1.82, 2.24) is 15.0 Å². The van der Waals surface area contributed by atoms with E-state index < -0.39 is 11.7 Å². The van der Waals surface area contributed by atoms with Crippen LogP contribution in [0.1, 0.15) is 25.3 Å². The van der Waals surface area contributed by atoms with Gasteiger partial charge in [0.2, 0.25) is 11.9 Å². The first kappa shape index (κ1) is 17.2. The number of hydrogen-bond acceptors (Lipinski definition) is 6. The minimum atomic E-state index is -4.41. The predicted molar refractivity (Wildman–Crippen MR) is 87.2 cm³/mol. The van der Waals surface area contributed by atoms with Crippen LogP contribution >= 0.6 is 0 Å². The Morgan fingerprint density at radius 3 is 2.60 bits per heavy atom. The van der Waals surface area contributed by atoms with Crippen molar-refractivity contribution in [3.63, 3.8) is 0 Å². The quantitative estimate of drug-likeness (QED) is 0.886. The summed E-state index contributed by atoms with van der Waals surface area (Å²) >= 11 is 0. The highest BCUT2D eigenvalue weighted by atomic mass is 19.4. The van der Waals surface area contributed by atoms with Gasteiger partial charge in [-0.2, -0.15) is 28.1 Å². The number of benzene rings is 1. The Balaban J connectivity index is 1.88. The van der Waals surface area contributed by atoms with E-state index in [1.165, 1.54) is 12.1 Å². The maximum Gasteiger partial charge on any atom is 0.416 e. The summed E-state index contributed by atoms with van der Waals surface area (Å²) in [6.45, 7) is 3.85. The van der Waals surface area contributed by atoms with E-state index in [2.05, 4.69) is 20.3 Å². The summed E-state index contributed by atoms with van der Waals surface area (Å²) in [7, 11) is 0. The van der Waals surface area contributed by atoms with Crippen LogP contribution in [0.4, 0.5) is 30.8 Å². The van der Waals surface area contributed by atoms with Crippen LogP contribution in [-0.2, 0) is 6.18 Å². The van der Waals surface area contributed by atoms with Crippen molar-refractivity contribution in [3.8, 4) is 6.01 Å². The molecule has 0 saturated carbocycles. The lowest BCUT2D eigenvalue weighted by Crippen LogP contribution is -2.21. The molecule has 2 aromatic rings. The number of nitrogens with zero attached hydrogens (tertiary/aromatic N) is 4. The van der Waals surface area contributed by atoms with Crippen LogP contribution in [0.5, 0.6) is 6.01 Å². The zero-order valence-corrected chi connectivity index (χ0v) is 13.7. The minimum Gasteiger partial charge on any atom is -0.464 e. The van der Waals surface area contributed by atoms with Crippen molar-refractivity contribution in [2.45, 2.75) is 25.9 Å². The molecule has 3 rings (SSSR count). The van der Waals surface area contributed by atoms with E-state index in [0.717, 1.165) is 38.1 Å². The smallest absolute Gasteiger partial charge is 0.416 e. The number of halogens is 3. The van der Waals surface area contributed by atoms with E-state index in [1.54, 1.807) is 6.92 Å². The van der Waals surface area contributed by atoms with Crippen molar-refractivity contribution >= 4 is 17.6 Å². The molecule has 0 bridgehead atoms. The fraction of sp³-hybridized carbons (Fsp3) is 0.438. The molecular weight excluding hydrogens is 335 g/mol. The van der Waals surface area contributed by atoms with Crippen LogP contribution in [0.2, 0.25) is 0 Å². The third-order valence-electron chi connectivity index (χ3n) is 3.71. The molecule has 1 fully saturated rings. The third kappa shape index (κ3) is 4.28. The van der Waals surface area contributed by atoms with E-state index in [1.807, 2.05) is 4.90 Å². The molecular formula is C16H18F3N5O. The number of alkyl halides is 3. The monoisotopic (exact) mass is 353 g/mol. The van der Waals surface area contributed by atoms with Gasteiger partial charge in [-0.1, -0.05) is 6.07 Å². The molecule has 0 aliphatic carbocycles. The normalized spacial score (nSPS) is 14.6. The van der Waals surface area contributed by atoms with Crippen molar-refractivity contribution in [2.75, 3.05) is 29.9 Å². The first-order valence-electron chi connectivity index (χ1n) is 8.04. The molecule has 134 valence electrons. The summed E-state index contributed by atoms with van der Waals surface area (Å²) in [5, 5.41) is 2.81. The Morgan fingerprint density at radius 2 is 1.92 bits per heavy atom. The van der Waals surface area contributed by atoms with Gasteiger partial charge in [-0.05, 0) is 38.0 Å². The summed E-state index contributed by atoms with van der Waals surface area (Å²) in [4.78, 5) is 14.7. The van der Waals surface area contributed by atoms with Gasteiger partial charge in [0.15, 0.2) is 0 Å². The third-order valence-corrected chi connectivity index (χ3v) is 3.71. The fourth-order valence-electron chi connectivity index (χ4n) is 2.56. The molecule has 0 spiro atoms. The molecule has 1 aromatic carbocycles. The Morgan fingerprint density at radius 1 is 1.16 bits per heavy atom. The average Bonchev–Trinajstić information content (AvgIpc) is 3.09. The van der Waals surface area contributed by atoms with Gasteiger partial charge in [-0.25, -0.2) is 0 Å². The second-order valence-corrected chi connectivity index (χ2v) is 5.57. The Labute approximate surface area is 143 Å². The van der Waals surface area contributed by atoms with E-state index >= 15 is 0 Å². The molecule has 1 aliphatic heterocycles. The second-order valence-electron chi connectivity index (χ2n) is 5.57. The van der Waals surface area contributed by atoms with Crippen LogP contribution in [-0.4, -0.2) is 34.6 Å². The second kappa shape index (κ2) is 7.12. The number of nitrogens with one attached hydrogen (secondary N) is 1. The summed E-state index contributed by atoms with van der Waals surface area (Å²) in [5.41, 5.74) is -0.493. The summed E-state index contributed by atoms with van der Waals surface area (Å²) in [6, 6.07) is 5.03. The lowest BCUT2D eigenvalue weighted by atomic mass is 10.2. The van der Waals surface area contributed by atoms with Crippen molar-refractivity contribution in [1.29, 1.82) is 0 Å². The van der Waals surface area contributed by atoms with Gasteiger partial charge in [0.1, 0.15) is 0 Å². The number of hydrogen-bond donors (Lipinski definition) is 1. The van der Waals surface area contributed by atoms with Crippen LogP contribution in [0.25, 0.3) is 0 Å². The average molecular weight is 353 g/mol. The Bertz CT molecular complexity index is 732. The van der Waals surface area contributed by atoms with E-state index in [0.29, 0.717) is 12.6 Å². The van der Waals surface area contributed by atoms with Gasteiger partial charge in [0.25, 0.3) is 0 Å². The summed E-state index contributed by atoms with van der Waals surface area (Å²) in [5.74, 6) is 0.616. The number of rotatable bonds is 5. The minimum absolute atomic E-state index is 0.147. The van der Waals surface area contributed by atoms with E-state index in [-0.39, 0.29) is 17.6 Å². The van der Waals surface area contributed by atoms with Crippen molar-refractivity contribution in [3.05, 3.63) is 29.8 Å².